The molecular formula is C12H16Cl3N3O2. The van der Waals surface area contributed by atoms with E-state index in [9.17, 15) is 10.2 Å². The van der Waals surface area contributed by atoms with Crippen LogP contribution >= 0.6 is 34.8 Å². The van der Waals surface area contributed by atoms with Gasteiger partial charge in [0.25, 0.3) is 5.91 Å². The van der Waals surface area contributed by atoms with E-state index in [1.807, 2.05) is 0 Å². The zero-order valence-corrected chi connectivity index (χ0v) is 13.0. The van der Waals surface area contributed by atoms with E-state index >= 15 is 0 Å². The van der Waals surface area contributed by atoms with Crippen molar-refractivity contribution in [2.24, 2.45) is 11.8 Å². The largest absolute Gasteiger partial charge is 0.347 e. The molecule has 20 heavy (non-hydrogen) atoms. The van der Waals surface area contributed by atoms with E-state index in [4.69, 9.17) is 34.8 Å². The summed E-state index contributed by atoms with van der Waals surface area (Å²) in [5.74, 6) is -2.49. The maximum absolute atomic E-state index is 10.4. The molecule has 2 aliphatic carbocycles. The molecule has 112 valence electrons. The molecule has 0 bridgehead atoms. The van der Waals surface area contributed by atoms with Gasteiger partial charge in [-0.25, -0.2) is 4.98 Å². The monoisotopic (exact) mass is 339 g/mol. The Balaban J connectivity index is 1.73. The van der Waals surface area contributed by atoms with Gasteiger partial charge in [0.1, 0.15) is 17.0 Å². The number of aromatic nitrogens is 3. The third-order valence-electron chi connectivity index (χ3n) is 4.34. The molecule has 0 radical (unpaired) electrons. The van der Waals surface area contributed by atoms with Crippen LogP contribution in [-0.2, 0) is 5.91 Å². The van der Waals surface area contributed by atoms with Crippen LogP contribution in [0.2, 0.25) is 0 Å². The lowest BCUT2D eigenvalue weighted by Crippen LogP contribution is -2.46. The highest BCUT2D eigenvalue weighted by Crippen LogP contribution is 2.59. The molecule has 2 aliphatic rings. The Hall–Kier alpha value is -0.0700. The van der Waals surface area contributed by atoms with Crippen molar-refractivity contribution in [3.05, 3.63) is 12.7 Å². The van der Waals surface area contributed by atoms with Crippen LogP contribution in [0.1, 0.15) is 32.1 Å². The zero-order valence-electron chi connectivity index (χ0n) is 10.7. The molecule has 0 spiro atoms. The van der Waals surface area contributed by atoms with E-state index in [1.54, 1.807) is 0 Å². The Labute approximate surface area is 131 Å². The molecule has 1 aromatic heterocycles. The van der Waals surface area contributed by atoms with Gasteiger partial charge in [-0.05, 0) is 38.0 Å². The smallest absolute Gasteiger partial charge is 0.271 e. The predicted molar refractivity (Wildman–Crippen MR) is 75.5 cm³/mol. The summed E-state index contributed by atoms with van der Waals surface area (Å²) in [4.78, 5) is 3.16. The summed E-state index contributed by atoms with van der Waals surface area (Å²) in [6, 6.07) is 0. The summed E-state index contributed by atoms with van der Waals surface area (Å²) < 4.78 is 0.385. The van der Waals surface area contributed by atoms with Gasteiger partial charge in [-0.15, -0.1) is 34.8 Å². The van der Waals surface area contributed by atoms with Crippen molar-refractivity contribution < 1.29 is 10.2 Å². The number of nitrogens with zero attached hydrogens (tertiary/aromatic N) is 3. The van der Waals surface area contributed by atoms with Gasteiger partial charge in [-0.3, -0.25) is 0 Å². The SMILES string of the molecule is OC(O)([C@@H](CC[C@@H]1CC1(Cl)Cl)C1(Cl)CC1)n1cncn1. The molecule has 8 heteroatoms. The Kier molecular flexibility index (Phi) is 3.50. The van der Waals surface area contributed by atoms with Gasteiger partial charge in [0.2, 0.25) is 0 Å². The Morgan fingerprint density at radius 3 is 2.45 bits per heavy atom. The lowest BCUT2D eigenvalue weighted by molar-refractivity contribution is -0.277. The minimum atomic E-state index is -2.15. The van der Waals surface area contributed by atoms with Crippen LogP contribution in [0.15, 0.2) is 12.7 Å². The summed E-state index contributed by atoms with van der Waals surface area (Å²) in [6.45, 7) is 0. The lowest BCUT2D eigenvalue weighted by Gasteiger charge is -2.34. The van der Waals surface area contributed by atoms with Crippen LogP contribution in [0, 0.1) is 11.8 Å². The highest BCUT2D eigenvalue weighted by Gasteiger charge is 2.59. The fraction of sp³-hybridized carbons (Fsp3) is 0.833. The van der Waals surface area contributed by atoms with Gasteiger partial charge in [0.15, 0.2) is 0 Å². The summed E-state index contributed by atoms with van der Waals surface area (Å²) in [6.07, 6.45) is 6.04. The molecule has 0 aromatic carbocycles. The van der Waals surface area contributed by atoms with Crippen LogP contribution in [0.5, 0.6) is 0 Å². The van der Waals surface area contributed by atoms with Crippen LogP contribution < -0.4 is 0 Å². The summed E-state index contributed by atoms with van der Waals surface area (Å²) in [7, 11) is 0. The van der Waals surface area contributed by atoms with E-state index in [0.29, 0.717) is 12.8 Å². The minimum Gasteiger partial charge on any atom is -0.347 e. The lowest BCUT2D eigenvalue weighted by atomic mass is 9.91. The number of hydrogen-bond acceptors (Lipinski definition) is 4. The van der Waals surface area contributed by atoms with Crippen LogP contribution in [0.3, 0.4) is 0 Å². The number of halogens is 3. The highest BCUT2D eigenvalue weighted by molar-refractivity contribution is 6.50. The molecule has 0 amide bonds. The van der Waals surface area contributed by atoms with Gasteiger partial charge < -0.3 is 10.2 Å². The standard InChI is InChI=1S/C12H16Cl3N3O2/c13-10(3-4-10)9(2-1-8-5-11(8,14)15)12(19,20)18-7-16-6-17-18/h6-9,19-20H,1-5H2/t8-,9+/m1/s1. The van der Waals surface area contributed by atoms with Crippen LogP contribution in [0.25, 0.3) is 0 Å². The third-order valence-corrected chi connectivity index (χ3v) is 5.90. The number of hydrogen-bond donors (Lipinski definition) is 2. The topological polar surface area (TPSA) is 71.2 Å². The molecule has 2 N–H and O–H groups in total. The Morgan fingerprint density at radius 2 is 2.00 bits per heavy atom. The highest BCUT2D eigenvalue weighted by atomic mass is 35.5. The average Bonchev–Trinajstić information content (AvgIpc) is 3.11. The van der Waals surface area contributed by atoms with E-state index in [0.717, 1.165) is 23.9 Å². The second-order valence-electron chi connectivity index (χ2n) is 5.85. The molecule has 0 saturated heterocycles. The first-order valence-electron chi connectivity index (χ1n) is 6.62. The Morgan fingerprint density at radius 1 is 1.35 bits per heavy atom. The van der Waals surface area contributed by atoms with Gasteiger partial charge in [-0.1, -0.05) is 0 Å². The number of rotatable bonds is 6. The maximum Gasteiger partial charge on any atom is 0.271 e. The first-order valence-corrected chi connectivity index (χ1v) is 7.76. The fourth-order valence-corrected chi connectivity index (χ4v) is 3.70. The van der Waals surface area contributed by atoms with Crippen LogP contribution in [0.4, 0.5) is 0 Å². The Bertz CT molecular complexity index is 488. The van der Waals surface area contributed by atoms with E-state index in [-0.39, 0.29) is 5.92 Å². The molecule has 1 aromatic rings. The predicted octanol–water partition coefficient (Wildman–Crippen LogP) is 2.23. The second-order valence-corrected chi connectivity index (χ2v) is 8.15. The van der Waals surface area contributed by atoms with Gasteiger partial charge in [0, 0.05) is 0 Å². The van der Waals surface area contributed by atoms with Gasteiger partial charge in [0.05, 0.1) is 10.8 Å². The average molecular weight is 341 g/mol. The molecule has 1 heterocycles. The van der Waals surface area contributed by atoms with Crippen molar-refractivity contribution in [3.8, 4) is 0 Å². The normalized spacial score (nSPS) is 28.1. The van der Waals surface area contributed by atoms with Crippen molar-refractivity contribution in [2.45, 2.75) is 47.2 Å². The zero-order chi connectivity index (χ0) is 14.6. The van der Waals surface area contributed by atoms with Crippen LogP contribution in [-0.4, -0.2) is 34.2 Å². The number of alkyl halides is 3. The van der Waals surface area contributed by atoms with Crippen molar-refractivity contribution in [2.75, 3.05) is 0 Å². The summed E-state index contributed by atoms with van der Waals surface area (Å²) in [5, 5.41) is 24.7. The van der Waals surface area contributed by atoms with Gasteiger partial charge in [-0.2, -0.15) is 9.78 Å². The quantitative estimate of drug-likeness (QED) is 0.615. The van der Waals surface area contributed by atoms with E-state index in [2.05, 4.69) is 10.1 Å². The van der Waals surface area contributed by atoms with E-state index in [1.165, 1.54) is 12.7 Å². The van der Waals surface area contributed by atoms with Crippen molar-refractivity contribution in [1.29, 1.82) is 0 Å². The first kappa shape index (κ1) is 14.9. The molecular weight excluding hydrogens is 325 g/mol. The van der Waals surface area contributed by atoms with E-state index < -0.39 is 21.0 Å². The maximum atomic E-state index is 10.4. The fourth-order valence-electron chi connectivity index (χ4n) is 2.76. The number of aliphatic hydroxyl groups is 2. The first-order chi connectivity index (χ1) is 9.26. The summed E-state index contributed by atoms with van der Waals surface area (Å²) in [5.41, 5.74) is 0. The molecule has 2 atom stereocenters. The molecule has 2 saturated carbocycles. The van der Waals surface area contributed by atoms with Crippen molar-refractivity contribution >= 4 is 34.8 Å². The second kappa shape index (κ2) is 4.71. The molecule has 0 unspecified atom stereocenters. The minimum absolute atomic E-state index is 0.193. The van der Waals surface area contributed by atoms with Crippen molar-refractivity contribution in [3.63, 3.8) is 0 Å². The summed E-state index contributed by atoms with van der Waals surface area (Å²) >= 11 is 18.5. The molecule has 5 nitrogen and oxygen atoms in total. The molecule has 3 rings (SSSR count). The van der Waals surface area contributed by atoms with Gasteiger partial charge >= 0.3 is 0 Å². The third kappa shape index (κ3) is 2.66. The molecule has 0 aliphatic heterocycles. The molecule has 2 fully saturated rings. The van der Waals surface area contributed by atoms with Crippen molar-refractivity contribution in [1.82, 2.24) is 14.8 Å².